The second kappa shape index (κ2) is 20.8. The van der Waals surface area contributed by atoms with E-state index in [1.165, 1.54) is 0 Å². The first kappa shape index (κ1) is 50.1. The molecule has 0 saturated carbocycles. The number of H-pyrrole nitrogens is 2. The maximum absolute atomic E-state index is 11.3. The Balaban J connectivity index is 1.07. The van der Waals surface area contributed by atoms with E-state index in [0.717, 1.165) is 21.5 Å². The normalized spacial score (nSPS) is 11.9. The Kier molecular flexibility index (Phi) is 13.9. The molecule has 0 radical (unpaired) electrons. The summed E-state index contributed by atoms with van der Waals surface area (Å²) in [5, 5.41) is 2.99. The monoisotopic (exact) mass is 1060 g/mol. The molecule has 1 aliphatic heterocycles. The van der Waals surface area contributed by atoms with Gasteiger partial charge in [-0.3, -0.25) is 13.7 Å². The van der Waals surface area contributed by atoms with Gasteiger partial charge in [-0.05, 0) is 72.8 Å². The summed E-state index contributed by atoms with van der Waals surface area (Å²) in [5.74, 6) is 19.1. The Labute approximate surface area is 430 Å². The molecular weight excluding hydrogens is 1010 g/mol. The van der Waals surface area contributed by atoms with Crippen LogP contribution in [0.1, 0.15) is 52.6 Å². The molecule has 374 valence electrons. The molecule has 0 spiro atoms. The van der Waals surface area contributed by atoms with Crippen LogP contribution in [0.2, 0.25) is 0 Å². The predicted molar refractivity (Wildman–Crippen MR) is 279 cm³/mol. The molecule has 0 amide bonds. The van der Waals surface area contributed by atoms with Crippen molar-refractivity contribution in [1.29, 1.82) is 0 Å². The van der Waals surface area contributed by atoms with Crippen molar-refractivity contribution in [2.24, 2.45) is 0 Å². The summed E-state index contributed by atoms with van der Waals surface area (Å²) >= 11 is 0. The number of pyridine rings is 3. The lowest BCUT2D eigenvalue weighted by Gasteiger charge is -2.00. The third-order valence-electron chi connectivity index (χ3n) is 12.0. The van der Waals surface area contributed by atoms with Crippen molar-refractivity contribution < 1.29 is 52.6 Å². The fraction of sp³-hybridized carbons (Fsp3) is 0.167. The van der Waals surface area contributed by atoms with Crippen molar-refractivity contribution in [3.8, 4) is 58.3 Å². The van der Waals surface area contributed by atoms with E-state index in [9.17, 15) is 34.4 Å². The van der Waals surface area contributed by atoms with Crippen LogP contribution in [0.3, 0.4) is 0 Å². The minimum Gasteiger partial charge on any atom is -0.324 e. The maximum Gasteiger partial charge on any atom is 0.265 e. The average molecular weight is 1060 g/mol. The Hall–Kier alpha value is -8.46. The zero-order valence-corrected chi connectivity index (χ0v) is 42.1. The zero-order chi connectivity index (χ0) is 52.3. The van der Waals surface area contributed by atoms with E-state index in [1.54, 1.807) is 12.4 Å². The standard InChI is InChI=1S/C54H41N9O9S3/c64-73(65,66)28-4-25-61-22-1-7-40(34-61)13-10-37-16-19-43-46(31-37)52-56-49(43)55-50-44-20-17-38(11-14-41-8-2-23-62(35-41)26-5-29-74(67,68)69)32-47(44)53(57-50)60-54-48-33-39(18-21-45(48)51(58-52)59-54)12-15-42-9-3-24-63(36-42)27-6-30-75(70,71)72/h1-3,7-9,16-24,31-36H,4-6,25-30H2,(H2-3,55,56,57,58,59,60,64,65,66,67,68,69,70,71,72)/p+3. The number of aryl methyl sites for hydroxylation is 3. The summed E-state index contributed by atoms with van der Waals surface area (Å²) in [6, 6.07) is 28.2. The van der Waals surface area contributed by atoms with Gasteiger partial charge in [0, 0.05) is 86.8 Å². The van der Waals surface area contributed by atoms with Gasteiger partial charge >= 0.3 is 0 Å². The Morgan fingerprint density at radius 3 is 1.17 bits per heavy atom. The fourth-order valence-electron chi connectivity index (χ4n) is 8.54. The molecule has 18 nitrogen and oxygen atoms in total. The van der Waals surface area contributed by atoms with E-state index in [2.05, 4.69) is 45.5 Å². The lowest BCUT2D eigenvalue weighted by molar-refractivity contribution is -0.697. The second-order valence-corrected chi connectivity index (χ2v) is 22.4. The molecule has 6 aromatic heterocycles. The third-order valence-corrected chi connectivity index (χ3v) is 14.4. The molecule has 0 aliphatic carbocycles. The quantitative estimate of drug-likeness (QED) is 0.0600. The predicted octanol–water partition coefficient (Wildman–Crippen LogP) is 5.20. The van der Waals surface area contributed by atoms with Gasteiger partial charge in [-0.25, -0.2) is 33.6 Å². The maximum atomic E-state index is 11.3. The first-order valence-electron chi connectivity index (χ1n) is 23.4. The van der Waals surface area contributed by atoms with Gasteiger partial charge in [0.2, 0.25) is 0 Å². The van der Waals surface area contributed by atoms with E-state index in [0.29, 0.717) is 98.4 Å². The topological polar surface area (TPSA) is 258 Å². The van der Waals surface area contributed by atoms with Gasteiger partial charge in [0.1, 0.15) is 42.2 Å². The van der Waals surface area contributed by atoms with Gasteiger partial charge in [0.25, 0.3) is 30.4 Å². The lowest BCUT2D eigenvalue weighted by Crippen LogP contribution is -2.34. The van der Waals surface area contributed by atoms with Gasteiger partial charge in [0.05, 0.1) is 33.9 Å². The minimum absolute atomic E-state index is 0.233. The molecule has 0 fully saturated rings. The molecule has 21 heteroatoms. The molecule has 0 atom stereocenters. The number of hydrogen-bond donors (Lipinski definition) is 5. The summed E-state index contributed by atoms with van der Waals surface area (Å²) in [5.41, 5.74) is 7.56. The fourth-order valence-corrected chi connectivity index (χ4v) is 10.0. The van der Waals surface area contributed by atoms with Gasteiger partial charge < -0.3 is 9.97 Å². The highest BCUT2D eigenvalue weighted by molar-refractivity contribution is 7.86. The van der Waals surface area contributed by atoms with E-state index >= 15 is 0 Å². The van der Waals surface area contributed by atoms with Crippen molar-refractivity contribution in [3.63, 3.8) is 0 Å². The number of hydrogen-bond acceptors (Lipinski definition) is 10. The van der Waals surface area contributed by atoms with Gasteiger partial charge in [-0.15, -0.1) is 0 Å². The van der Waals surface area contributed by atoms with Crippen LogP contribution in [0.15, 0.2) is 128 Å². The van der Waals surface area contributed by atoms with Crippen molar-refractivity contribution in [3.05, 3.63) is 162 Å². The number of aromatic nitrogens is 9. The number of fused-ring (bicyclic) bond motifs is 15. The van der Waals surface area contributed by atoms with E-state index in [4.69, 9.17) is 24.5 Å². The summed E-state index contributed by atoms with van der Waals surface area (Å²) in [6.07, 6.45) is 11.6. The van der Waals surface area contributed by atoms with Crippen LogP contribution in [0.4, 0.5) is 0 Å². The smallest absolute Gasteiger partial charge is 0.265 e. The number of benzene rings is 3. The number of nitrogens with one attached hydrogen (secondary N) is 2. The molecule has 1 aliphatic rings. The van der Waals surface area contributed by atoms with Crippen molar-refractivity contribution in [1.82, 2.24) is 29.9 Å². The molecule has 7 heterocycles. The number of nitrogens with zero attached hydrogens (tertiary/aromatic N) is 7. The van der Waals surface area contributed by atoms with Crippen LogP contribution >= 0.6 is 0 Å². The molecular formula is C54H44N9O9S3+3. The largest absolute Gasteiger partial charge is 0.324 e. The highest BCUT2D eigenvalue weighted by Crippen LogP contribution is 2.36. The molecule has 5 N–H and O–H groups in total. The van der Waals surface area contributed by atoms with E-state index in [1.807, 2.05) is 129 Å². The summed E-state index contributed by atoms with van der Waals surface area (Å²) < 4.78 is 101. The highest BCUT2D eigenvalue weighted by atomic mass is 32.2. The zero-order valence-electron chi connectivity index (χ0n) is 39.6. The first-order chi connectivity index (χ1) is 35.9. The Morgan fingerprint density at radius 2 is 0.760 bits per heavy atom. The van der Waals surface area contributed by atoms with Crippen LogP contribution in [0, 0.1) is 35.5 Å². The molecule has 0 unspecified atom stereocenters. The molecule has 75 heavy (non-hydrogen) atoms. The van der Waals surface area contributed by atoms with E-state index < -0.39 is 30.4 Å². The van der Waals surface area contributed by atoms with Crippen LogP contribution in [-0.4, -0.2) is 86.1 Å². The van der Waals surface area contributed by atoms with Gasteiger partial charge in [-0.2, -0.15) is 25.3 Å². The van der Waals surface area contributed by atoms with Gasteiger partial charge in [0.15, 0.2) is 48.8 Å². The second-order valence-electron chi connectivity index (χ2n) is 17.7. The van der Waals surface area contributed by atoms with Crippen LogP contribution in [0.25, 0.3) is 66.9 Å². The minimum atomic E-state index is -4.08. The first-order valence-corrected chi connectivity index (χ1v) is 28.2. The van der Waals surface area contributed by atoms with E-state index in [-0.39, 0.29) is 36.5 Å². The van der Waals surface area contributed by atoms with Gasteiger partial charge in [-0.1, -0.05) is 35.5 Å². The summed E-state index contributed by atoms with van der Waals surface area (Å²) in [7, 11) is -12.2. The number of aromatic amines is 2. The van der Waals surface area contributed by atoms with Crippen molar-refractivity contribution in [2.45, 2.75) is 38.9 Å². The van der Waals surface area contributed by atoms with Crippen LogP contribution in [-0.2, 0) is 50.0 Å². The van der Waals surface area contributed by atoms with Crippen LogP contribution < -0.4 is 13.7 Å². The number of rotatable bonds is 12. The summed E-state index contributed by atoms with van der Waals surface area (Å²) in [4.78, 5) is 27.3. The third kappa shape index (κ3) is 12.7. The van der Waals surface area contributed by atoms with Crippen molar-refractivity contribution in [2.75, 3.05) is 17.3 Å². The molecule has 10 rings (SSSR count). The van der Waals surface area contributed by atoms with Crippen molar-refractivity contribution >= 4 is 74.5 Å². The highest BCUT2D eigenvalue weighted by Gasteiger charge is 2.22. The molecule has 6 bridgehead atoms. The molecule has 3 aromatic carbocycles. The lowest BCUT2D eigenvalue weighted by atomic mass is 10.0. The Bertz CT molecular complexity index is 4430. The SMILES string of the molecule is O=S(=O)(O)CCC[n+]1cccc(C#Cc2ccc3c(c2)-c2nc-3nc3[nH]c(nc4[nH]c(n2)c2cc(C#Cc5ccc[n+](CCCS(=O)(=O)O)c5)ccc42)c2ccc(C#Cc4ccc[n+](CCCS(=O)(=O)O)c4)cc32)c1. The Morgan fingerprint density at radius 1 is 0.400 bits per heavy atom. The molecule has 9 aromatic rings. The summed E-state index contributed by atoms with van der Waals surface area (Å²) in [6.45, 7) is 1.13. The molecule has 0 saturated heterocycles. The average Bonchev–Trinajstić information content (AvgIpc) is 4.03. The van der Waals surface area contributed by atoms with Crippen LogP contribution in [0.5, 0.6) is 0 Å².